The summed E-state index contributed by atoms with van der Waals surface area (Å²) in [6.07, 6.45) is 1.47. The van der Waals surface area contributed by atoms with Gasteiger partial charge < -0.3 is 38.5 Å². The lowest BCUT2D eigenvalue weighted by atomic mass is 9.96. The minimum absolute atomic E-state index is 0.0723. The van der Waals surface area contributed by atoms with Gasteiger partial charge in [-0.25, -0.2) is 14.0 Å². The van der Waals surface area contributed by atoms with Gasteiger partial charge in [-0.3, -0.25) is 4.79 Å². The molecule has 3 fully saturated rings. The van der Waals surface area contributed by atoms with Gasteiger partial charge in [0.05, 0.1) is 65.8 Å². The average Bonchev–Trinajstić information content (AvgIpc) is 3.36. The molecule has 0 aromatic heterocycles. The van der Waals surface area contributed by atoms with Crippen molar-refractivity contribution in [2.24, 2.45) is 0 Å². The fraction of sp³-hybridized carbons (Fsp3) is 0.447. The van der Waals surface area contributed by atoms with Gasteiger partial charge in [-0.05, 0) is 57.9 Å². The number of para-hydroxylation sites is 1. The van der Waals surface area contributed by atoms with Crippen molar-refractivity contribution in [1.29, 1.82) is 0 Å². The number of nitrogens with zero attached hydrogens (tertiary/aromatic N) is 4. The van der Waals surface area contributed by atoms with Crippen LogP contribution in [0.4, 0.5) is 20.6 Å². The Bertz CT molecular complexity index is 1870. The van der Waals surface area contributed by atoms with E-state index in [9.17, 15) is 14.4 Å². The number of carbonyl (C=O) groups is 3. The van der Waals surface area contributed by atoms with E-state index in [1.807, 2.05) is 26.8 Å². The predicted octanol–water partition coefficient (Wildman–Crippen LogP) is 7.00. The predicted molar refractivity (Wildman–Crippen MR) is 195 cm³/mol. The van der Waals surface area contributed by atoms with Gasteiger partial charge in [-0.1, -0.05) is 41.4 Å². The standard InChI is InChI=1S/C38H41Cl2FN4O7/c1-38(2,3)52-37(48)43-12-10-42(11-13-43)25-14-29(39)33(30(40)15-25)35(46)44-18-22-6-5-7-26(34(22)51-21-44)27-17-32(28(16-31(27)41)36(47)49-4)45-23-8-9-24(45)20-50-19-23/h5-7,14-17,23-24H,8-13,18-21H2,1-4H3. The summed E-state index contributed by atoms with van der Waals surface area (Å²) in [6.45, 7) is 8.62. The summed E-state index contributed by atoms with van der Waals surface area (Å²) >= 11 is 13.4. The second-order valence-electron chi connectivity index (χ2n) is 14.5. The molecule has 0 N–H and O–H groups in total. The minimum Gasteiger partial charge on any atom is -0.472 e. The maximum absolute atomic E-state index is 15.9. The second-order valence-corrected chi connectivity index (χ2v) is 15.3. The van der Waals surface area contributed by atoms with Crippen LogP contribution in [0.5, 0.6) is 5.75 Å². The quantitative estimate of drug-likeness (QED) is 0.255. The first-order chi connectivity index (χ1) is 24.8. The first-order valence-corrected chi connectivity index (χ1v) is 18.1. The number of carbonyl (C=O) groups excluding carboxylic acids is 3. The summed E-state index contributed by atoms with van der Waals surface area (Å²) in [4.78, 5) is 46.6. The summed E-state index contributed by atoms with van der Waals surface area (Å²) in [6, 6.07) is 11.9. The number of rotatable bonds is 5. The second kappa shape index (κ2) is 14.3. The monoisotopic (exact) mass is 754 g/mol. The van der Waals surface area contributed by atoms with Crippen molar-refractivity contribution < 1.29 is 37.7 Å². The summed E-state index contributed by atoms with van der Waals surface area (Å²) in [5.74, 6) is -1.17. The van der Waals surface area contributed by atoms with E-state index in [4.69, 9.17) is 42.1 Å². The molecule has 4 heterocycles. The van der Waals surface area contributed by atoms with Crippen LogP contribution in [-0.4, -0.2) is 98.7 Å². The first-order valence-electron chi connectivity index (χ1n) is 17.4. The van der Waals surface area contributed by atoms with Gasteiger partial charge in [0, 0.05) is 48.6 Å². The topological polar surface area (TPSA) is 101 Å². The number of methoxy groups -OCH3 is 1. The highest BCUT2D eigenvalue weighted by Crippen LogP contribution is 2.43. The smallest absolute Gasteiger partial charge is 0.410 e. The Morgan fingerprint density at radius 2 is 1.58 bits per heavy atom. The SMILES string of the molecule is COC(=O)c1cc(F)c(-c2cccc3c2OCN(C(=O)c2c(Cl)cc(N4CCN(C(=O)OC(C)(C)C)CC4)cc2Cl)C3)cc1N1C2CCC1COC2. The summed E-state index contributed by atoms with van der Waals surface area (Å²) < 4.78 is 38.4. The maximum Gasteiger partial charge on any atom is 0.410 e. The Morgan fingerprint density at radius 1 is 0.904 bits per heavy atom. The van der Waals surface area contributed by atoms with Gasteiger partial charge in [-0.15, -0.1) is 0 Å². The van der Waals surface area contributed by atoms with E-state index in [0.717, 1.165) is 18.5 Å². The number of amides is 2. The van der Waals surface area contributed by atoms with Gasteiger partial charge in [0.15, 0.2) is 6.73 Å². The van der Waals surface area contributed by atoms with E-state index in [1.165, 1.54) is 18.1 Å². The van der Waals surface area contributed by atoms with Crippen LogP contribution in [0.15, 0.2) is 42.5 Å². The van der Waals surface area contributed by atoms with Crippen LogP contribution in [0.2, 0.25) is 10.0 Å². The number of ether oxygens (including phenoxy) is 4. The minimum atomic E-state index is -0.613. The molecule has 2 amide bonds. The van der Waals surface area contributed by atoms with Crippen LogP contribution >= 0.6 is 23.2 Å². The van der Waals surface area contributed by atoms with E-state index in [-0.39, 0.29) is 58.2 Å². The van der Waals surface area contributed by atoms with E-state index < -0.39 is 23.3 Å². The van der Waals surface area contributed by atoms with Gasteiger partial charge in [-0.2, -0.15) is 0 Å². The lowest BCUT2D eigenvalue weighted by molar-refractivity contribution is 0.0240. The number of halogens is 3. The Kier molecular flexibility index (Phi) is 9.92. The zero-order valence-electron chi connectivity index (χ0n) is 29.5. The van der Waals surface area contributed by atoms with Crippen molar-refractivity contribution >= 4 is 52.5 Å². The van der Waals surface area contributed by atoms with Crippen molar-refractivity contribution in [2.45, 2.75) is 57.8 Å². The van der Waals surface area contributed by atoms with Crippen LogP contribution < -0.4 is 14.5 Å². The largest absolute Gasteiger partial charge is 0.472 e. The van der Waals surface area contributed by atoms with Gasteiger partial charge in [0.1, 0.15) is 17.2 Å². The molecule has 0 aliphatic carbocycles. The molecule has 11 nitrogen and oxygen atoms in total. The van der Waals surface area contributed by atoms with E-state index >= 15 is 4.39 Å². The summed E-state index contributed by atoms with van der Waals surface area (Å²) in [7, 11) is 1.28. The number of hydrogen-bond acceptors (Lipinski definition) is 9. The number of piperazine rings is 1. The number of benzene rings is 3. The average molecular weight is 756 g/mol. The molecule has 4 aliphatic rings. The normalized spacial score (nSPS) is 20.0. The van der Waals surface area contributed by atoms with Gasteiger partial charge in [0.2, 0.25) is 0 Å². The van der Waals surface area contributed by atoms with E-state index in [2.05, 4.69) is 9.80 Å². The first kappa shape index (κ1) is 36.1. The van der Waals surface area contributed by atoms with Crippen LogP contribution in [-0.2, 0) is 20.8 Å². The van der Waals surface area contributed by atoms with Gasteiger partial charge >= 0.3 is 12.1 Å². The van der Waals surface area contributed by atoms with Gasteiger partial charge in [0.25, 0.3) is 5.91 Å². The third-order valence-corrected chi connectivity index (χ3v) is 10.5. The molecular weight excluding hydrogens is 714 g/mol. The molecule has 3 aromatic rings. The highest BCUT2D eigenvalue weighted by atomic mass is 35.5. The Labute approximate surface area is 312 Å². The Morgan fingerprint density at radius 3 is 2.21 bits per heavy atom. The molecule has 4 aliphatic heterocycles. The van der Waals surface area contributed by atoms with Crippen molar-refractivity contribution in [3.8, 4) is 16.9 Å². The summed E-state index contributed by atoms with van der Waals surface area (Å²) in [5, 5.41) is 0.387. The number of hydrogen-bond donors (Lipinski definition) is 0. The zero-order chi connectivity index (χ0) is 36.9. The Hall–Kier alpha value is -4.26. The van der Waals surface area contributed by atoms with E-state index in [1.54, 1.807) is 35.2 Å². The summed E-state index contributed by atoms with van der Waals surface area (Å²) in [5.41, 5.74) is 2.53. The van der Waals surface area contributed by atoms with Crippen LogP contribution in [0.25, 0.3) is 11.1 Å². The van der Waals surface area contributed by atoms with Crippen LogP contribution in [0.1, 0.15) is 59.9 Å². The number of fused-ring (bicyclic) bond motifs is 3. The molecule has 2 unspecified atom stereocenters. The molecule has 14 heteroatoms. The molecule has 7 rings (SSSR count). The lowest BCUT2D eigenvalue weighted by Gasteiger charge is -2.38. The van der Waals surface area contributed by atoms with Crippen molar-refractivity contribution in [3.05, 3.63) is 75.0 Å². The fourth-order valence-electron chi connectivity index (χ4n) is 7.47. The van der Waals surface area contributed by atoms with Crippen molar-refractivity contribution in [2.75, 3.05) is 63.0 Å². The molecule has 276 valence electrons. The number of morpholine rings is 1. The molecule has 3 saturated heterocycles. The highest BCUT2D eigenvalue weighted by molar-refractivity contribution is 6.40. The molecule has 2 bridgehead atoms. The fourth-order valence-corrected chi connectivity index (χ4v) is 8.11. The molecule has 0 radical (unpaired) electrons. The lowest BCUT2D eigenvalue weighted by Crippen LogP contribution is -2.50. The highest BCUT2D eigenvalue weighted by Gasteiger charge is 2.40. The molecule has 2 atom stereocenters. The molecule has 0 saturated carbocycles. The molecule has 52 heavy (non-hydrogen) atoms. The third-order valence-electron chi connectivity index (χ3n) is 9.95. The maximum atomic E-state index is 15.9. The van der Waals surface area contributed by atoms with Crippen LogP contribution in [0.3, 0.4) is 0 Å². The molecular formula is C38H41Cl2FN4O7. The number of anilines is 2. The van der Waals surface area contributed by atoms with Crippen LogP contribution in [0, 0.1) is 5.82 Å². The third kappa shape index (κ3) is 6.95. The van der Waals surface area contributed by atoms with Crippen molar-refractivity contribution in [3.63, 3.8) is 0 Å². The van der Waals surface area contributed by atoms with Crippen molar-refractivity contribution in [1.82, 2.24) is 9.80 Å². The molecule has 0 spiro atoms. The van der Waals surface area contributed by atoms with E-state index in [0.29, 0.717) is 62.0 Å². The molecule has 3 aromatic carbocycles. The zero-order valence-corrected chi connectivity index (χ0v) is 31.1. The number of esters is 1. The Balaban J connectivity index is 1.10.